The minimum absolute atomic E-state index is 0. The predicted octanol–water partition coefficient (Wildman–Crippen LogP) is 2.28. The van der Waals surface area contributed by atoms with Gasteiger partial charge in [0.2, 0.25) is 0 Å². The molecular formula is C9H12Cl2FNO. The van der Waals surface area contributed by atoms with Crippen molar-refractivity contribution in [2.24, 2.45) is 5.73 Å². The summed E-state index contributed by atoms with van der Waals surface area (Å²) in [6.45, 7) is 1.53. The number of hydrogen-bond donors (Lipinski definition) is 2. The first-order valence-corrected chi connectivity index (χ1v) is 4.28. The molecule has 0 fully saturated rings. The molecule has 0 spiro atoms. The Hall–Kier alpha value is -0.350. The van der Waals surface area contributed by atoms with Gasteiger partial charge in [0.1, 0.15) is 5.82 Å². The second kappa shape index (κ2) is 5.51. The molecule has 0 aliphatic rings. The molecule has 1 aromatic rings. The summed E-state index contributed by atoms with van der Waals surface area (Å²) in [5.74, 6) is -0.407. The summed E-state index contributed by atoms with van der Waals surface area (Å²) < 4.78 is 12.8. The Morgan fingerprint density at radius 2 is 2.07 bits per heavy atom. The Balaban J connectivity index is 0.00000169. The Morgan fingerprint density at radius 1 is 1.50 bits per heavy atom. The van der Waals surface area contributed by atoms with E-state index in [0.717, 1.165) is 0 Å². The van der Waals surface area contributed by atoms with Gasteiger partial charge in [-0.1, -0.05) is 11.6 Å². The summed E-state index contributed by atoms with van der Waals surface area (Å²) in [6.07, 6.45) is -0.751. The standard InChI is InChI=1S/C9H11ClFNO.ClH/c1-5(13)9(12)7-4-6(11)2-3-8(7)10;/h2-5,9,13H,12H2,1H3;1H/t5-,9-;/m0./s1. The third-order valence-corrected chi connectivity index (χ3v) is 2.18. The normalized spacial score (nSPS) is 14.4. The molecule has 2 atom stereocenters. The van der Waals surface area contributed by atoms with Crippen LogP contribution in [0.2, 0.25) is 5.02 Å². The van der Waals surface area contributed by atoms with E-state index in [0.29, 0.717) is 10.6 Å². The monoisotopic (exact) mass is 239 g/mol. The van der Waals surface area contributed by atoms with E-state index >= 15 is 0 Å². The summed E-state index contributed by atoms with van der Waals surface area (Å²) in [5.41, 5.74) is 6.03. The number of nitrogens with two attached hydrogens (primary N) is 1. The highest BCUT2D eigenvalue weighted by Crippen LogP contribution is 2.24. The van der Waals surface area contributed by atoms with Crippen molar-refractivity contribution in [3.8, 4) is 0 Å². The second-order valence-corrected chi connectivity index (χ2v) is 3.34. The number of hydrogen-bond acceptors (Lipinski definition) is 2. The minimum Gasteiger partial charge on any atom is -0.391 e. The fraction of sp³-hybridized carbons (Fsp3) is 0.333. The zero-order chi connectivity index (χ0) is 10.0. The van der Waals surface area contributed by atoms with Crippen LogP contribution in [-0.4, -0.2) is 11.2 Å². The lowest BCUT2D eigenvalue weighted by molar-refractivity contribution is 0.164. The first-order valence-electron chi connectivity index (χ1n) is 3.91. The zero-order valence-electron chi connectivity index (χ0n) is 7.58. The molecule has 0 aliphatic heterocycles. The topological polar surface area (TPSA) is 46.2 Å². The number of benzene rings is 1. The van der Waals surface area contributed by atoms with Gasteiger partial charge < -0.3 is 10.8 Å². The van der Waals surface area contributed by atoms with Crippen LogP contribution in [-0.2, 0) is 0 Å². The smallest absolute Gasteiger partial charge is 0.123 e. The molecule has 0 unspecified atom stereocenters. The van der Waals surface area contributed by atoms with E-state index in [2.05, 4.69) is 0 Å². The van der Waals surface area contributed by atoms with Crippen LogP contribution in [0.4, 0.5) is 4.39 Å². The van der Waals surface area contributed by atoms with Gasteiger partial charge in [-0.3, -0.25) is 0 Å². The summed E-state index contributed by atoms with van der Waals surface area (Å²) in [5, 5.41) is 9.55. The third-order valence-electron chi connectivity index (χ3n) is 1.84. The van der Waals surface area contributed by atoms with Gasteiger partial charge >= 0.3 is 0 Å². The van der Waals surface area contributed by atoms with Crippen LogP contribution < -0.4 is 5.73 Å². The van der Waals surface area contributed by atoms with Gasteiger partial charge in [0.05, 0.1) is 12.1 Å². The quantitative estimate of drug-likeness (QED) is 0.832. The van der Waals surface area contributed by atoms with Crippen LogP contribution in [0.15, 0.2) is 18.2 Å². The summed E-state index contributed by atoms with van der Waals surface area (Å²) in [7, 11) is 0. The molecule has 0 amide bonds. The molecule has 0 saturated heterocycles. The molecule has 0 bridgehead atoms. The molecule has 14 heavy (non-hydrogen) atoms. The highest BCUT2D eigenvalue weighted by atomic mass is 35.5. The van der Waals surface area contributed by atoms with Gasteiger partial charge in [0.15, 0.2) is 0 Å². The van der Waals surface area contributed by atoms with Gasteiger partial charge in [0.25, 0.3) is 0 Å². The Morgan fingerprint density at radius 3 is 2.57 bits per heavy atom. The molecule has 0 saturated carbocycles. The van der Waals surface area contributed by atoms with E-state index in [-0.39, 0.29) is 12.4 Å². The van der Waals surface area contributed by atoms with Gasteiger partial charge in [-0.25, -0.2) is 4.39 Å². The van der Waals surface area contributed by atoms with E-state index in [9.17, 15) is 9.50 Å². The highest BCUT2D eigenvalue weighted by molar-refractivity contribution is 6.31. The fourth-order valence-corrected chi connectivity index (χ4v) is 1.27. The molecule has 0 radical (unpaired) electrons. The first kappa shape index (κ1) is 13.7. The maximum absolute atomic E-state index is 12.8. The number of aliphatic hydroxyl groups excluding tert-OH is 1. The Kier molecular flexibility index (Phi) is 5.37. The third kappa shape index (κ3) is 3.10. The lowest BCUT2D eigenvalue weighted by Crippen LogP contribution is -2.23. The average molecular weight is 240 g/mol. The van der Waals surface area contributed by atoms with E-state index in [1.807, 2.05) is 0 Å². The van der Waals surface area contributed by atoms with E-state index in [1.165, 1.54) is 25.1 Å². The lowest BCUT2D eigenvalue weighted by Gasteiger charge is -2.16. The summed E-state index contributed by atoms with van der Waals surface area (Å²) in [4.78, 5) is 0. The van der Waals surface area contributed by atoms with E-state index in [4.69, 9.17) is 17.3 Å². The molecule has 80 valence electrons. The van der Waals surface area contributed by atoms with Crippen molar-refractivity contribution >= 4 is 24.0 Å². The molecule has 3 N–H and O–H groups in total. The molecule has 0 aliphatic carbocycles. The van der Waals surface area contributed by atoms with Crippen LogP contribution in [0, 0.1) is 5.82 Å². The largest absolute Gasteiger partial charge is 0.391 e. The van der Waals surface area contributed by atoms with Crippen molar-refractivity contribution in [1.82, 2.24) is 0 Å². The van der Waals surface area contributed by atoms with Crippen LogP contribution >= 0.6 is 24.0 Å². The van der Waals surface area contributed by atoms with Crippen LogP contribution in [0.1, 0.15) is 18.5 Å². The molecule has 5 heteroatoms. The van der Waals surface area contributed by atoms with Gasteiger partial charge in [-0.05, 0) is 30.7 Å². The van der Waals surface area contributed by atoms with Crippen LogP contribution in [0.3, 0.4) is 0 Å². The predicted molar refractivity (Wildman–Crippen MR) is 57.3 cm³/mol. The zero-order valence-corrected chi connectivity index (χ0v) is 9.15. The molecule has 1 aromatic carbocycles. The molecule has 2 nitrogen and oxygen atoms in total. The summed E-state index contributed by atoms with van der Waals surface area (Å²) in [6, 6.07) is 3.26. The maximum Gasteiger partial charge on any atom is 0.123 e. The van der Waals surface area contributed by atoms with Crippen molar-refractivity contribution in [2.75, 3.05) is 0 Å². The van der Waals surface area contributed by atoms with E-state index < -0.39 is 18.0 Å². The number of halogens is 3. The van der Waals surface area contributed by atoms with Crippen LogP contribution in [0.5, 0.6) is 0 Å². The second-order valence-electron chi connectivity index (χ2n) is 2.93. The summed E-state index contributed by atoms with van der Waals surface area (Å²) >= 11 is 5.78. The van der Waals surface area contributed by atoms with E-state index in [1.54, 1.807) is 0 Å². The van der Waals surface area contributed by atoms with Gasteiger partial charge in [-0.15, -0.1) is 12.4 Å². The average Bonchev–Trinajstić information content (AvgIpc) is 2.08. The van der Waals surface area contributed by atoms with Gasteiger partial charge in [0, 0.05) is 5.02 Å². The van der Waals surface area contributed by atoms with Gasteiger partial charge in [-0.2, -0.15) is 0 Å². The highest BCUT2D eigenvalue weighted by Gasteiger charge is 2.15. The van der Waals surface area contributed by atoms with Crippen molar-refractivity contribution in [2.45, 2.75) is 19.1 Å². The number of rotatable bonds is 2. The lowest BCUT2D eigenvalue weighted by atomic mass is 10.0. The van der Waals surface area contributed by atoms with Crippen molar-refractivity contribution < 1.29 is 9.50 Å². The Bertz CT molecular complexity index is 307. The van der Waals surface area contributed by atoms with Crippen molar-refractivity contribution in [3.05, 3.63) is 34.6 Å². The SMILES string of the molecule is C[C@H](O)[C@H](N)c1cc(F)ccc1Cl.Cl. The minimum atomic E-state index is -0.751. The molecule has 1 rings (SSSR count). The molecule has 0 heterocycles. The van der Waals surface area contributed by atoms with Crippen LogP contribution in [0.25, 0.3) is 0 Å². The molecular weight excluding hydrogens is 228 g/mol. The number of aliphatic hydroxyl groups is 1. The first-order chi connectivity index (χ1) is 6.02. The molecule has 0 aromatic heterocycles. The van der Waals surface area contributed by atoms with Crippen molar-refractivity contribution in [1.29, 1.82) is 0 Å². The Labute approximate surface area is 93.3 Å². The maximum atomic E-state index is 12.8. The fourth-order valence-electron chi connectivity index (χ4n) is 1.03. The van der Waals surface area contributed by atoms with Crippen molar-refractivity contribution in [3.63, 3.8) is 0 Å².